The van der Waals surface area contributed by atoms with Crippen LogP contribution in [0.4, 0.5) is 11.5 Å². The number of piperazine rings is 1. The molecule has 2 aromatic rings. The standard InChI is InChI=1S/C23H31N5O4/c1-4-7-24-21(29)14-27-8-10-28(11-9-27)20-13-18(23(31)32)17-12-16(5-6-19(17)26-20)25-22(30)15(2)3/h5-6,12-13,15H,4,7-11,14H2,1-3H3,(H,24,29)(H,25,30)(H,31,32). The van der Waals surface area contributed by atoms with Crippen molar-refractivity contribution in [3.63, 3.8) is 0 Å². The molecular weight excluding hydrogens is 410 g/mol. The van der Waals surface area contributed by atoms with Crippen molar-refractivity contribution in [3.8, 4) is 0 Å². The molecule has 9 nitrogen and oxygen atoms in total. The molecule has 2 amide bonds. The van der Waals surface area contributed by atoms with E-state index in [4.69, 9.17) is 0 Å². The first-order valence-corrected chi connectivity index (χ1v) is 11.0. The van der Waals surface area contributed by atoms with Gasteiger partial charge in [0.2, 0.25) is 11.8 Å². The second-order valence-corrected chi connectivity index (χ2v) is 8.32. The molecule has 1 aliphatic rings. The molecule has 0 unspecified atom stereocenters. The third kappa shape index (κ3) is 5.73. The lowest BCUT2D eigenvalue weighted by molar-refractivity contribution is -0.122. The van der Waals surface area contributed by atoms with Crippen LogP contribution in [0, 0.1) is 5.92 Å². The highest BCUT2D eigenvalue weighted by molar-refractivity contribution is 6.05. The fourth-order valence-corrected chi connectivity index (χ4v) is 3.57. The Bertz CT molecular complexity index is 999. The second-order valence-electron chi connectivity index (χ2n) is 8.32. The highest BCUT2D eigenvalue weighted by Gasteiger charge is 2.22. The van der Waals surface area contributed by atoms with E-state index in [2.05, 4.69) is 20.5 Å². The number of carbonyl (C=O) groups is 3. The first-order chi connectivity index (χ1) is 15.3. The van der Waals surface area contributed by atoms with Crippen molar-refractivity contribution in [2.45, 2.75) is 27.2 Å². The summed E-state index contributed by atoms with van der Waals surface area (Å²) in [6.07, 6.45) is 0.907. The average molecular weight is 442 g/mol. The lowest BCUT2D eigenvalue weighted by Gasteiger charge is -2.35. The van der Waals surface area contributed by atoms with Gasteiger partial charge in [0.15, 0.2) is 0 Å². The summed E-state index contributed by atoms with van der Waals surface area (Å²) in [4.78, 5) is 44.7. The molecular formula is C23H31N5O4. The van der Waals surface area contributed by atoms with Gasteiger partial charge in [-0.15, -0.1) is 0 Å². The van der Waals surface area contributed by atoms with E-state index in [-0.39, 0.29) is 23.3 Å². The molecule has 1 aliphatic heterocycles. The number of nitrogens with zero attached hydrogens (tertiary/aromatic N) is 3. The molecule has 32 heavy (non-hydrogen) atoms. The number of amides is 2. The Balaban J connectivity index is 1.76. The van der Waals surface area contributed by atoms with Gasteiger partial charge >= 0.3 is 5.97 Å². The minimum atomic E-state index is -1.04. The highest BCUT2D eigenvalue weighted by atomic mass is 16.4. The zero-order valence-corrected chi connectivity index (χ0v) is 18.9. The molecule has 0 spiro atoms. The molecule has 3 rings (SSSR count). The van der Waals surface area contributed by atoms with Gasteiger partial charge in [0, 0.05) is 49.7 Å². The maximum atomic E-state index is 12.0. The number of carboxylic acids is 1. The van der Waals surface area contributed by atoms with Crippen LogP contribution in [-0.2, 0) is 9.59 Å². The SMILES string of the molecule is CCCNC(=O)CN1CCN(c2cc(C(=O)O)c3cc(NC(=O)C(C)C)ccc3n2)CC1. The summed E-state index contributed by atoms with van der Waals surface area (Å²) in [5, 5.41) is 16.0. The Hall–Kier alpha value is -3.20. The number of rotatable bonds is 8. The van der Waals surface area contributed by atoms with Crippen LogP contribution < -0.4 is 15.5 Å². The van der Waals surface area contributed by atoms with Gasteiger partial charge in [-0.3, -0.25) is 14.5 Å². The van der Waals surface area contributed by atoms with E-state index in [1.54, 1.807) is 38.1 Å². The summed E-state index contributed by atoms with van der Waals surface area (Å²) in [6, 6.07) is 6.71. The van der Waals surface area contributed by atoms with Crippen LogP contribution in [-0.4, -0.2) is 72.0 Å². The van der Waals surface area contributed by atoms with Crippen molar-refractivity contribution in [1.82, 2.24) is 15.2 Å². The minimum absolute atomic E-state index is 0.0256. The molecule has 0 aliphatic carbocycles. The van der Waals surface area contributed by atoms with E-state index < -0.39 is 5.97 Å². The predicted molar refractivity (Wildman–Crippen MR) is 124 cm³/mol. The monoisotopic (exact) mass is 441 g/mol. The molecule has 1 aromatic carbocycles. The first-order valence-electron chi connectivity index (χ1n) is 11.0. The molecule has 9 heteroatoms. The number of hydrogen-bond acceptors (Lipinski definition) is 6. The number of aromatic carboxylic acids is 1. The summed E-state index contributed by atoms with van der Waals surface area (Å²) in [7, 11) is 0. The Kier molecular flexibility index (Phi) is 7.63. The van der Waals surface area contributed by atoms with Crippen molar-refractivity contribution in [2.75, 3.05) is 49.5 Å². The van der Waals surface area contributed by atoms with Crippen LogP contribution in [0.15, 0.2) is 24.3 Å². The summed E-state index contributed by atoms with van der Waals surface area (Å²) in [5.41, 5.74) is 1.25. The van der Waals surface area contributed by atoms with E-state index in [0.717, 1.165) is 6.42 Å². The van der Waals surface area contributed by atoms with Gasteiger partial charge in [0.05, 0.1) is 17.6 Å². The van der Waals surface area contributed by atoms with E-state index in [9.17, 15) is 19.5 Å². The zero-order chi connectivity index (χ0) is 23.3. The minimum Gasteiger partial charge on any atom is -0.478 e. The van der Waals surface area contributed by atoms with E-state index in [0.29, 0.717) is 61.7 Å². The number of fused-ring (bicyclic) bond motifs is 1. The van der Waals surface area contributed by atoms with Crippen LogP contribution in [0.2, 0.25) is 0 Å². The van der Waals surface area contributed by atoms with Crippen molar-refractivity contribution in [3.05, 3.63) is 29.8 Å². The predicted octanol–water partition coefficient (Wildman–Crippen LogP) is 2.18. The normalized spacial score (nSPS) is 14.6. The average Bonchev–Trinajstić information content (AvgIpc) is 2.77. The molecule has 0 bridgehead atoms. The third-order valence-electron chi connectivity index (χ3n) is 5.45. The summed E-state index contributed by atoms with van der Waals surface area (Å²) in [5.74, 6) is -0.729. The lowest BCUT2D eigenvalue weighted by Crippen LogP contribution is -2.49. The third-order valence-corrected chi connectivity index (χ3v) is 5.45. The number of carbonyl (C=O) groups excluding carboxylic acids is 2. The van der Waals surface area contributed by atoms with Crippen molar-refractivity contribution < 1.29 is 19.5 Å². The van der Waals surface area contributed by atoms with Gasteiger partial charge in [0.25, 0.3) is 0 Å². The van der Waals surface area contributed by atoms with Gasteiger partial charge in [-0.2, -0.15) is 0 Å². The number of nitrogens with one attached hydrogen (secondary N) is 2. The van der Waals surface area contributed by atoms with Crippen LogP contribution in [0.25, 0.3) is 10.9 Å². The Labute approximate surface area is 187 Å². The molecule has 1 fully saturated rings. The lowest BCUT2D eigenvalue weighted by atomic mass is 10.1. The number of pyridine rings is 1. The molecule has 1 saturated heterocycles. The van der Waals surface area contributed by atoms with Gasteiger partial charge < -0.3 is 20.6 Å². The molecule has 0 atom stereocenters. The van der Waals surface area contributed by atoms with Gasteiger partial charge in [-0.25, -0.2) is 9.78 Å². The highest BCUT2D eigenvalue weighted by Crippen LogP contribution is 2.27. The largest absolute Gasteiger partial charge is 0.478 e. The van der Waals surface area contributed by atoms with Crippen molar-refractivity contribution in [1.29, 1.82) is 0 Å². The second kappa shape index (κ2) is 10.4. The van der Waals surface area contributed by atoms with Gasteiger partial charge in [-0.05, 0) is 30.7 Å². The van der Waals surface area contributed by atoms with Gasteiger partial charge in [-0.1, -0.05) is 20.8 Å². The summed E-state index contributed by atoms with van der Waals surface area (Å²) < 4.78 is 0. The number of aromatic nitrogens is 1. The molecule has 0 radical (unpaired) electrons. The first kappa shape index (κ1) is 23.5. The smallest absolute Gasteiger partial charge is 0.336 e. The molecule has 1 aromatic heterocycles. The maximum Gasteiger partial charge on any atom is 0.336 e. The Morgan fingerprint density at radius 3 is 2.47 bits per heavy atom. The van der Waals surface area contributed by atoms with E-state index >= 15 is 0 Å². The summed E-state index contributed by atoms with van der Waals surface area (Å²) >= 11 is 0. The fraction of sp³-hybridized carbons (Fsp3) is 0.478. The van der Waals surface area contributed by atoms with Crippen LogP contribution in [0.3, 0.4) is 0 Å². The Morgan fingerprint density at radius 1 is 1.12 bits per heavy atom. The number of benzene rings is 1. The van der Waals surface area contributed by atoms with Crippen molar-refractivity contribution in [2.24, 2.45) is 5.92 Å². The molecule has 172 valence electrons. The van der Waals surface area contributed by atoms with Crippen LogP contribution >= 0.6 is 0 Å². The quantitative estimate of drug-likeness (QED) is 0.575. The van der Waals surface area contributed by atoms with Gasteiger partial charge in [0.1, 0.15) is 5.82 Å². The molecule has 3 N–H and O–H groups in total. The number of anilines is 2. The van der Waals surface area contributed by atoms with E-state index in [1.165, 1.54) is 0 Å². The zero-order valence-electron chi connectivity index (χ0n) is 18.9. The number of hydrogen-bond donors (Lipinski definition) is 3. The fourth-order valence-electron chi connectivity index (χ4n) is 3.57. The maximum absolute atomic E-state index is 12.0. The van der Waals surface area contributed by atoms with E-state index in [1.807, 2.05) is 11.8 Å². The Morgan fingerprint density at radius 2 is 1.84 bits per heavy atom. The molecule has 0 saturated carbocycles. The van der Waals surface area contributed by atoms with Crippen molar-refractivity contribution >= 4 is 40.2 Å². The summed E-state index contributed by atoms with van der Waals surface area (Å²) in [6.45, 7) is 9.36. The van der Waals surface area contributed by atoms with Crippen LogP contribution in [0.1, 0.15) is 37.6 Å². The topological polar surface area (TPSA) is 115 Å². The molecule has 2 heterocycles. The van der Waals surface area contributed by atoms with Crippen LogP contribution in [0.5, 0.6) is 0 Å². The number of carboxylic acid groups (broad SMARTS) is 1.